The fourth-order valence-electron chi connectivity index (χ4n) is 1.79. The molecule has 2 aromatic rings. The lowest BCUT2D eigenvalue weighted by Crippen LogP contribution is -2.20. The van der Waals surface area contributed by atoms with Crippen molar-refractivity contribution in [1.82, 2.24) is 9.97 Å². The first kappa shape index (κ1) is 13.0. The largest absolute Gasteiger partial charge is 0.477 e. The number of carbonyl (C=O) groups is 1. The molecule has 5 nitrogen and oxygen atoms in total. The second-order valence-corrected chi connectivity index (χ2v) is 4.31. The molecular formula is C14H15N3O2. The van der Waals surface area contributed by atoms with Crippen LogP contribution in [0.3, 0.4) is 0 Å². The Labute approximate surface area is 111 Å². The van der Waals surface area contributed by atoms with E-state index in [9.17, 15) is 4.79 Å². The van der Waals surface area contributed by atoms with Crippen molar-refractivity contribution in [3.8, 4) is 0 Å². The molecule has 2 N–H and O–H groups in total. The molecule has 0 saturated carbocycles. The first-order chi connectivity index (χ1) is 9.15. The van der Waals surface area contributed by atoms with E-state index in [1.54, 1.807) is 0 Å². The molecule has 0 aliphatic rings. The summed E-state index contributed by atoms with van der Waals surface area (Å²) in [6.07, 6.45) is 2.26. The van der Waals surface area contributed by atoms with Crippen molar-refractivity contribution in [2.24, 2.45) is 0 Å². The molecule has 1 unspecified atom stereocenters. The Balaban J connectivity index is 2.01. The van der Waals surface area contributed by atoms with Gasteiger partial charge in [0.25, 0.3) is 0 Å². The van der Waals surface area contributed by atoms with Crippen molar-refractivity contribution in [3.05, 3.63) is 53.9 Å². The summed E-state index contributed by atoms with van der Waals surface area (Å²) in [5, 5.41) is 12.0. The van der Waals surface area contributed by atoms with Gasteiger partial charge in [-0.3, -0.25) is 0 Å². The average molecular weight is 257 g/mol. The third-order valence-corrected chi connectivity index (χ3v) is 2.63. The molecule has 1 atom stereocenters. The fraction of sp³-hybridized carbons (Fsp3) is 0.214. The highest BCUT2D eigenvalue weighted by molar-refractivity contribution is 5.85. The number of hydrogen-bond donors (Lipinski definition) is 2. The number of benzene rings is 1. The molecule has 0 spiro atoms. The van der Waals surface area contributed by atoms with Gasteiger partial charge in [-0.2, -0.15) is 0 Å². The number of nitrogens with one attached hydrogen (secondary N) is 1. The lowest BCUT2D eigenvalue weighted by Gasteiger charge is -2.13. The monoisotopic (exact) mass is 257 g/mol. The molecule has 2 rings (SSSR count). The van der Waals surface area contributed by atoms with E-state index in [0.717, 1.165) is 6.42 Å². The Morgan fingerprint density at radius 3 is 2.74 bits per heavy atom. The van der Waals surface area contributed by atoms with E-state index in [4.69, 9.17) is 5.11 Å². The van der Waals surface area contributed by atoms with Gasteiger partial charge in [0.2, 0.25) is 5.95 Å². The Morgan fingerprint density at radius 1 is 1.32 bits per heavy atom. The van der Waals surface area contributed by atoms with Crippen LogP contribution >= 0.6 is 0 Å². The lowest BCUT2D eigenvalue weighted by atomic mass is 10.1. The van der Waals surface area contributed by atoms with Gasteiger partial charge in [-0.25, -0.2) is 14.8 Å². The zero-order valence-electron chi connectivity index (χ0n) is 10.6. The number of rotatable bonds is 5. The number of carboxylic acids is 1. The van der Waals surface area contributed by atoms with Crippen LogP contribution in [0.25, 0.3) is 0 Å². The molecule has 0 aliphatic heterocycles. The SMILES string of the molecule is CC(Cc1ccccc1)Nc1nccc(C(=O)O)n1. The first-order valence-electron chi connectivity index (χ1n) is 6.02. The van der Waals surface area contributed by atoms with Gasteiger partial charge in [-0.15, -0.1) is 0 Å². The highest BCUT2D eigenvalue weighted by atomic mass is 16.4. The minimum absolute atomic E-state index is 0.00980. The number of carboxylic acid groups (broad SMARTS) is 1. The summed E-state index contributed by atoms with van der Waals surface area (Å²) in [6.45, 7) is 2.00. The van der Waals surface area contributed by atoms with Crippen LogP contribution in [0.1, 0.15) is 23.0 Å². The van der Waals surface area contributed by atoms with Crippen LogP contribution in [0.5, 0.6) is 0 Å². The highest BCUT2D eigenvalue weighted by Gasteiger charge is 2.09. The van der Waals surface area contributed by atoms with Crippen molar-refractivity contribution in [2.75, 3.05) is 5.32 Å². The summed E-state index contributed by atoms with van der Waals surface area (Å²) in [5.74, 6) is -0.718. The van der Waals surface area contributed by atoms with Crippen molar-refractivity contribution in [2.45, 2.75) is 19.4 Å². The Kier molecular flexibility index (Phi) is 4.07. The van der Waals surface area contributed by atoms with Gasteiger partial charge in [0.15, 0.2) is 5.69 Å². The second kappa shape index (κ2) is 5.95. The van der Waals surface area contributed by atoms with E-state index in [1.807, 2.05) is 37.3 Å². The zero-order valence-corrected chi connectivity index (χ0v) is 10.6. The van der Waals surface area contributed by atoms with E-state index in [-0.39, 0.29) is 11.7 Å². The van der Waals surface area contributed by atoms with Crippen LogP contribution in [0, 0.1) is 0 Å². The molecule has 0 bridgehead atoms. The van der Waals surface area contributed by atoms with Crippen LogP contribution < -0.4 is 5.32 Å². The Morgan fingerprint density at radius 2 is 2.05 bits per heavy atom. The Bertz CT molecular complexity index is 558. The topological polar surface area (TPSA) is 75.1 Å². The van der Waals surface area contributed by atoms with Crippen molar-refractivity contribution < 1.29 is 9.90 Å². The van der Waals surface area contributed by atoms with E-state index in [2.05, 4.69) is 15.3 Å². The number of anilines is 1. The normalized spacial score (nSPS) is 11.8. The van der Waals surface area contributed by atoms with E-state index in [1.165, 1.54) is 17.8 Å². The molecule has 1 aromatic carbocycles. The third-order valence-electron chi connectivity index (χ3n) is 2.63. The van der Waals surface area contributed by atoms with Gasteiger partial charge in [0, 0.05) is 12.2 Å². The van der Waals surface area contributed by atoms with Crippen LogP contribution in [-0.2, 0) is 6.42 Å². The molecule has 1 aromatic heterocycles. The molecule has 0 aliphatic carbocycles. The van der Waals surface area contributed by atoms with E-state index < -0.39 is 5.97 Å². The zero-order chi connectivity index (χ0) is 13.7. The predicted octanol–water partition coefficient (Wildman–Crippen LogP) is 2.22. The molecular weight excluding hydrogens is 242 g/mol. The number of aromatic nitrogens is 2. The summed E-state index contributed by atoms with van der Waals surface area (Å²) in [4.78, 5) is 18.8. The molecule has 0 radical (unpaired) electrons. The quantitative estimate of drug-likeness (QED) is 0.859. The van der Waals surface area contributed by atoms with Gasteiger partial charge in [-0.1, -0.05) is 30.3 Å². The number of aromatic carboxylic acids is 1. The van der Waals surface area contributed by atoms with Gasteiger partial charge in [0.05, 0.1) is 0 Å². The Hall–Kier alpha value is -2.43. The molecule has 0 saturated heterocycles. The summed E-state index contributed by atoms with van der Waals surface area (Å²) >= 11 is 0. The third kappa shape index (κ3) is 3.77. The van der Waals surface area contributed by atoms with E-state index >= 15 is 0 Å². The number of hydrogen-bond acceptors (Lipinski definition) is 4. The van der Waals surface area contributed by atoms with Gasteiger partial charge >= 0.3 is 5.97 Å². The molecule has 1 heterocycles. The lowest BCUT2D eigenvalue weighted by molar-refractivity contribution is 0.0690. The maximum Gasteiger partial charge on any atom is 0.354 e. The molecule has 0 amide bonds. The van der Waals surface area contributed by atoms with Crippen LogP contribution in [0.4, 0.5) is 5.95 Å². The van der Waals surface area contributed by atoms with Crippen LogP contribution in [0.2, 0.25) is 0 Å². The summed E-state index contributed by atoms with van der Waals surface area (Å²) in [6, 6.07) is 11.5. The summed E-state index contributed by atoms with van der Waals surface area (Å²) in [5.41, 5.74) is 1.20. The van der Waals surface area contributed by atoms with E-state index in [0.29, 0.717) is 5.95 Å². The smallest absolute Gasteiger partial charge is 0.354 e. The van der Waals surface area contributed by atoms with Crippen LogP contribution in [-0.4, -0.2) is 27.1 Å². The second-order valence-electron chi connectivity index (χ2n) is 4.31. The molecule has 0 fully saturated rings. The first-order valence-corrected chi connectivity index (χ1v) is 6.02. The summed E-state index contributed by atoms with van der Waals surface area (Å²) in [7, 11) is 0. The molecule has 19 heavy (non-hydrogen) atoms. The van der Waals surface area contributed by atoms with Crippen LogP contribution in [0.15, 0.2) is 42.6 Å². The average Bonchev–Trinajstić information content (AvgIpc) is 2.40. The van der Waals surface area contributed by atoms with Crippen molar-refractivity contribution in [3.63, 3.8) is 0 Å². The number of nitrogens with zero attached hydrogens (tertiary/aromatic N) is 2. The highest BCUT2D eigenvalue weighted by Crippen LogP contribution is 2.07. The maximum atomic E-state index is 10.8. The van der Waals surface area contributed by atoms with Crippen molar-refractivity contribution >= 4 is 11.9 Å². The molecule has 98 valence electrons. The standard InChI is InChI=1S/C14H15N3O2/c1-10(9-11-5-3-2-4-6-11)16-14-15-8-7-12(17-14)13(18)19/h2-8,10H,9H2,1H3,(H,18,19)(H,15,16,17). The predicted molar refractivity (Wildman–Crippen MR) is 72.2 cm³/mol. The molecule has 5 heteroatoms. The van der Waals surface area contributed by atoms with Gasteiger partial charge < -0.3 is 10.4 Å². The van der Waals surface area contributed by atoms with Gasteiger partial charge in [0.1, 0.15) is 0 Å². The maximum absolute atomic E-state index is 10.8. The van der Waals surface area contributed by atoms with Crippen molar-refractivity contribution in [1.29, 1.82) is 0 Å². The minimum Gasteiger partial charge on any atom is -0.477 e. The minimum atomic E-state index is -1.05. The summed E-state index contributed by atoms with van der Waals surface area (Å²) < 4.78 is 0. The van der Waals surface area contributed by atoms with Gasteiger partial charge in [-0.05, 0) is 25.0 Å². The fourth-order valence-corrected chi connectivity index (χ4v) is 1.79.